The number of ether oxygens (including phenoxy) is 3. The van der Waals surface area contributed by atoms with E-state index in [1.54, 1.807) is 48.8 Å². The van der Waals surface area contributed by atoms with Gasteiger partial charge in [0.15, 0.2) is 6.61 Å². The summed E-state index contributed by atoms with van der Waals surface area (Å²) in [6, 6.07) is 12.2. The van der Waals surface area contributed by atoms with Crippen molar-refractivity contribution in [1.29, 1.82) is 5.26 Å². The lowest BCUT2D eigenvalue weighted by Crippen LogP contribution is -2.52. The molecule has 1 aliphatic heterocycles. The molecule has 2 atom stereocenters. The fourth-order valence-corrected chi connectivity index (χ4v) is 2.61. The molecule has 0 spiro atoms. The van der Waals surface area contributed by atoms with Crippen molar-refractivity contribution in [1.82, 2.24) is 10.3 Å². The first-order chi connectivity index (χ1) is 12.7. The summed E-state index contributed by atoms with van der Waals surface area (Å²) in [5, 5.41) is 11.7. The molecule has 1 aromatic carbocycles. The molecule has 0 bridgehead atoms. The van der Waals surface area contributed by atoms with Gasteiger partial charge in [0.1, 0.15) is 17.6 Å². The fourth-order valence-electron chi connectivity index (χ4n) is 2.61. The Balaban J connectivity index is 1.54. The minimum atomic E-state index is -0.274. The molecule has 0 aliphatic carbocycles. The molecule has 7 heteroatoms. The van der Waals surface area contributed by atoms with Crippen molar-refractivity contribution >= 4 is 5.91 Å². The predicted molar refractivity (Wildman–Crippen MR) is 92.7 cm³/mol. The van der Waals surface area contributed by atoms with Crippen LogP contribution in [0.25, 0.3) is 0 Å². The first-order valence-electron chi connectivity index (χ1n) is 8.31. The summed E-state index contributed by atoms with van der Waals surface area (Å²) in [6.45, 7) is 0.838. The van der Waals surface area contributed by atoms with Crippen molar-refractivity contribution in [3.05, 3.63) is 54.4 Å². The van der Waals surface area contributed by atoms with Crippen LogP contribution >= 0.6 is 0 Å². The second kappa shape index (κ2) is 8.83. The van der Waals surface area contributed by atoms with Crippen LogP contribution in [0.1, 0.15) is 12.0 Å². The summed E-state index contributed by atoms with van der Waals surface area (Å²) in [4.78, 5) is 16.1. The first kappa shape index (κ1) is 17.7. The lowest BCUT2D eigenvalue weighted by molar-refractivity contribution is -0.126. The summed E-state index contributed by atoms with van der Waals surface area (Å²) in [7, 11) is 0. The highest BCUT2D eigenvalue weighted by Crippen LogP contribution is 2.19. The number of benzene rings is 1. The number of amides is 1. The molecule has 1 saturated heterocycles. The van der Waals surface area contributed by atoms with Gasteiger partial charge < -0.3 is 19.5 Å². The Kier molecular flexibility index (Phi) is 6.01. The Morgan fingerprint density at radius 2 is 2.15 bits per heavy atom. The van der Waals surface area contributed by atoms with E-state index in [1.807, 2.05) is 0 Å². The largest absolute Gasteiger partial charge is 0.488 e. The Morgan fingerprint density at radius 1 is 1.31 bits per heavy atom. The number of carbonyl (C=O) groups excluding carboxylic acids is 1. The van der Waals surface area contributed by atoms with E-state index in [1.165, 1.54) is 0 Å². The Bertz CT molecular complexity index is 759. The van der Waals surface area contributed by atoms with E-state index in [0.29, 0.717) is 36.7 Å². The second-order valence-electron chi connectivity index (χ2n) is 5.81. The third-order valence-corrected chi connectivity index (χ3v) is 3.91. The molecular formula is C19H19N3O4. The fraction of sp³-hybridized carbons (Fsp3) is 0.316. The van der Waals surface area contributed by atoms with Gasteiger partial charge in [0.25, 0.3) is 5.91 Å². The average Bonchev–Trinajstić information content (AvgIpc) is 2.69. The van der Waals surface area contributed by atoms with Crippen LogP contribution in [-0.4, -0.2) is 42.9 Å². The van der Waals surface area contributed by atoms with Crippen molar-refractivity contribution < 1.29 is 19.0 Å². The van der Waals surface area contributed by atoms with Gasteiger partial charge in [0.2, 0.25) is 0 Å². The highest BCUT2D eigenvalue weighted by Gasteiger charge is 2.29. The van der Waals surface area contributed by atoms with E-state index in [2.05, 4.69) is 16.4 Å². The van der Waals surface area contributed by atoms with Crippen LogP contribution in [0.3, 0.4) is 0 Å². The first-order valence-corrected chi connectivity index (χ1v) is 8.31. The molecule has 1 N–H and O–H groups in total. The molecular weight excluding hydrogens is 334 g/mol. The van der Waals surface area contributed by atoms with Crippen molar-refractivity contribution in [2.45, 2.75) is 18.6 Å². The van der Waals surface area contributed by atoms with Crippen LogP contribution in [-0.2, 0) is 9.53 Å². The van der Waals surface area contributed by atoms with Crippen molar-refractivity contribution in [2.24, 2.45) is 0 Å². The van der Waals surface area contributed by atoms with E-state index >= 15 is 0 Å². The van der Waals surface area contributed by atoms with E-state index in [-0.39, 0.29) is 24.7 Å². The quantitative estimate of drug-likeness (QED) is 0.849. The SMILES string of the molecule is N#Cc1ccc(O[C@@H]2CCOC[C@H]2NC(=O)COc2cccnc2)cc1. The number of nitrogens with one attached hydrogen (secondary N) is 1. The Hall–Kier alpha value is -3.11. The Morgan fingerprint density at radius 3 is 2.88 bits per heavy atom. The predicted octanol–water partition coefficient (Wildman–Crippen LogP) is 1.68. The standard InChI is InChI=1S/C19H19N3O4/c20-10-14-3-5-15(6-4-14)26-18-7-9-24-12-17(18)22-19(23)13-25-16-2-1-8-21-11-16/h1-6,8,11,17-18H,7,9,12-13H2,(H,22,23)/t17-,18-/m1/s1. The zero-order valence-corrected chi connectivity index (χ0v) is 14.1. The van der Waals surface area contributed by atoms with Crippen LogP contribution < -0.4 is 14.8 Å². The lowest BCUT2D eigenvalue weighted by atomic mass is 10.1. The number of hydrogen-bond donors (Lipinski definition) is 1. The normalized spacial score (nSPS) is 19.2. The van der Waals surface area contributed by atoms with Crippen LogP contribution in [0.5, 0.6) is 11.5 Å². The van der Waals surface area contributed by atoms with Crippen LogP contribution in [0.15, 0.2) is 48.8 Å². The molecule has 0 saturated carbocycles. The molecule has 1 fully saturated rings. The molecule has 1 aliphatic rings. The maximum absolute atomic E-state index is 12.2. The second-order valence-corrected chi connectivity index (χ2v) is 5.81. The lowest BCUT2D eigenvalue weighted by Gasteiger charge is -2.32. The van der Waals surface area contributed by atoms with Crippen molar-refractivity contribution in [3.63, 3.8) is 0 Å². The number of aromatic nitrogens is 1. The third-order valence-electron chi connectivity index (χ3n) is 3.91. The molecule has 0 unspecified atom stereocenters. The summed E-state index contributed by atoms with van der Waals surface area (Å²) in [5.41, 5.74) is 0.571. The van der Waals surface area contributed by atoms with Gasteiger partial charge in [-0.2, -0.15) is 5.26 Å². The van der Waals surface area contributed by atoms with Crippen LogP contribution in [0.2, 0.25) is 0 Å². The third kappa shape index (κ3) is 4.94. The van der Waals surface area contributed by atoms with Crippen LogP contribution in [0.4, 0.5) is 0 Å². The summed E-state index contributed by atoms with van der Waals surface area (Å²) >= 11 is 0. The Labute approximate surface area is 151 Å². The van der Waals surface area contributed by atoms with Crippen molar-refractivity contribution in [3.8, 4) is 17.6 Å². The number of nitriles is 1. The minimum absolute atomic E-state index is 0.105. The maximum atomic E-state index is 12.2. The van der Waals surface area contributed by atoms with Crippen molar-refractivity contribution in [2.75, 3.05) is 19.8 Å². The van der Waals surface area contributed by atoms with Gasteiger partial charge in [-0.05, 0) is 36.4 Å². The number of hydrogen-bond acceptors (Lipinski definition) is 6. The minimum Gasteiger partial charge on any atom is -0.488 e. The highest BCUT2D eigenvalue weighted by molar-refractivity contribution is 5.77. The monoisotopic (exact) mass is 353 g/mol. The molecule has 2 aromatic rings. The van der Waals surface area contributed by atoms with Gasteiger partial charge in [-0.25, -0.2) is 0 Å². The van der Waals surface area contributed by atoms with Crippen LogP contribution in [0, 0.1) is 11.3 Å². The average molecular weight is 353 g/mol. The van der Waals surface area contributed by atoms with E-state index in [4.69, 9.17) is 19.5 Å². The number of nitrogens with zero attached hydrogens (tertiary/aromatic N) is 2. The topological polar surface area (TPSA) is 93.5 Å². The van der Waals surface area contributed by atoms with E-state index in [9.17, 15) is 4.79 Å². The zero-order chi connectivity index (χ0) is 18.2. The highest BCUT2D eigenvalue weighted by atomic mass is 16.5. The number of carbonyl (C=O) groups is 1. The van der Waals surface area contributed by atoms with Gasteiger partial charge >= 0.3 is 0 Å². The molecule has 7 nitrogen and oxygen atoms in total. The summed E-state index contributed by atoms with van der Waals surface area (Å²) in [6.07, 6.45) is 3.64. The molecule has 2 heterocycles. The number of pyridine rings is 1. The molecule has 1 amide bonds. The maximum Gasteiger partial charge on any atom is 0.258 e. The van der Waals surface area contributed by atoms with Gasteiger partial charge in [-0.15, -0.1) is 0 Å². The smallest absolute Gasteiger partial charge is 0.258 e. The molecule has 1 aromatic heterocycles. The molecule has 0 radical (unpaired) electrons. The molecule has 3 rings (SSSR count). The van der Waals surface area contributed by atoms with E-state index in [0.717, 1.165) is 0 Å². The zero-order valence-electron chi connectivity index (χ0n) is 14.1. The van der Waals surface area contributed by atoms with Gasteiger partial charge in [-0.1, -0.05) is 0 Å². The van der Waals surface area contributed by atoms with Gasteiger partial charge in [0, 0.05) is 12.6 Å². The molecule has 134 valence electrons. The van der Waals surface area contributed by atoms with Gasteiger partial charge in [0.05, 0.1) is 37.1 Å². The summed E-state index contributed by atoms with van der Waals surface area (Å²) < 4.78 is 16.8. The van der Waals surface area contributed by atoms with E-state index < -0.39 is 0 Å². The molecule has 26 heavy (non-hydrogen) atoms. The van der Waals surface area contributed by atoms with Gasteiger partial charge in [-0.3, -0.25) is 9.78 Å². The summed E-state index contributed by atoms with van der Waals surface area (Å²) in [5.74, 6) is 0.937. The number of rotatable bonds is 6.